The quantitative estimate of drug-likeness (QED) is 0.862. The number of amides is 2. The van der Waals surface area contributed by atoms with Crippen LogP contribution < -0.4 is 5.32 Å². The summed E-state index contributed by atoms with van der Waals surface area (Å²) < 4.78 is 0. The number of aromatic nitrogens is 1. The maximum atomic E-state index is 12.4. The van der Waals surface area contributed by atoms with E-state index in [-0.39, 0.29) is 6.03 Å². The Balaban J connectivity index is 1.49. The Labute approximate surface area is 141 Å². The Bertz CT molecular complexity index is 662. The van der Waals surface area contributed by atoms with Crippen LogP contribution in [0.5, 0.6) is 0 Å². The molecule has 0 saturated carbocycles. The fourth-order valence-corrected chi connectivity index (χ4v) is 3.74. The van der Waals surface area contributed by atoms with E-state index < -0.39 is 0 Å². The fraction of sp³-hybridized carbons (Fsp3) is 0.333. The number of benzene rings is 1. The smallest absolute Gasteiger partial charge is 0.321 e. The van der Waals surface area contributed by atoms with Crippen molar-refractivity contribution in [1.82, 2.24) is 9.88 Å². The van der Waals surface area contributed by atoms with Gasteiger partial charge in [0.25, 0.3) is 0 Å². The molecule has 4 nitrogen and oxygen atoms in total. The molecule has 2 heterocycles. The molecule has 3 rings (SSSR count). The third-order valence-corrected chi connectivity index (χ3v) is 5.31. The molecule has 1 N–H and O–H groups in total. The summed E-state index contributed by atoms with van der Waals surface area (Å²) in [5, 5.41) is 2.99. The molecule has 0 aliphatic carbocycles. The highest BCUT2D eigenvalue weighted by Crippen LogP contribution is 2.26. The van der Waals surface area contributed by atoms with Crippen LogP contribution in [0.4, 0.5) is 10.5 Å². The van der Waals surface area contributed by atoms with E-state index in [1.165, 1.54) is 4.90 Å². The number of urea groups is 1. The third kappa shape index (κ3) is 4.26. The average molecular weight is 327 g/mol. The molecule has 0 spiro atoms. The standard InChI is InChI=1S/C18H21N3OS/c1-14-11-19-9-7-17(14)20-18(22)21-10-8-15(12-21)13-23-16-5-3-2-4-6-16/h2-7,9,11,15H,8,10,12-13H2,1H3,(H,19,20,22)/t15-/m0/s1. The highest BCUT2D eigenvalue weighted by atomic mass is 32.2. The van der Waals surface area contributed by atoms with Gasteiger partial charge in [0.15, 0.2) is 0 Å². The number of thioether (sulfide) groups is 1. The van der Waals surface area contributed by atoms with Crippen LogP contribution in [0.15, 0.2) is 53.7 Å². The van der Waals surface area contributed by atoms with Gasteiger partial charge in [-0.3, -0.25) is 4.98 Å². The molecule has 5 heteroatoms. The van der Waals surface area contributed by atoms with Crippen molar-refractivity contribution in [2.45, 2.75) is 18.2 Å². The molecule has 1 aromatic heterocycles. The minimum atomic E-state index is -0.00786. The summed E-state index contributed by atoms with van der Waals surface area (Å²) in [7, 11) is 0. The Hall–Kier alpha value is -2.01. The Morgan fingerprint density at radius 2 is 2.17 bits per heavy atom. The average Bonchev–Trinajstić information content (AvgIpc) is 3.05. The van der Waals surface area contributed by atoms with Gasteiger partial charge in [-0.1, -0.05) is 18.2 Å². The molecule has 0 bridgehead atoms. The van der Waals surface area contributed by atoms with E-state index in [2.05, 4.69) is 34.6 Å². The monoisotopic (exact) mass is 327 g/mol. The van der Waals surface area contributed by atoms with Crippen molar-refractivity contribution in [3.05, 3.63) is 54.4 Å². The number of carbonyl (C=O) groups is 1. The first kappa shape index (κ1) is 15.9. The summed E-state index contributed by atoms with van der Waals surface area (Å²) in [5.74, 6) is 1.62. The first-order valence-corrected chi connectivity index (χ1v) is 8.85. The molecule has 0 unspecified atom stereocenters. The minimum absolute atomic E-state index is 0.00786. The van der Waals surface area contributed by atoms with Crippen molar-refractivity contribution in [2.24, 2.45) is 5.92 Å². The second-order valence-corrected chi connectivity index (χ2v) is 6.94. The van der Waals surface area contributed by atoms with Gasteiger partial charge in [0.1, 0.15) is 0 Å². The van der Waals surface area contributed by atoms with Crippen LogP contribution in [0, 0.1) is 12.8 Å². The lowest BCUT2D eigenvalue weighted by atomic mass is 10.2. The number of hydrogen-bond donors (Lipinski definition) is 1. The predicted octanol–water partition coefficient (Wildman–Crippen LogP) is 4.04. The number of aryl methyl sites for hydroxylation is 1. The summed E-state index contributed by atoms with van der Waals surface area (Å²) in [6, 6.07) is 12.3. The van der Waals surface area contributed by atoms with Crippen LogP contribution in [-0.4, -0.2) is 34.8 Å². The number of rotatable bonds is 4. The number of hydrogen-bond acceptors (Lipinski definition) is 3. The highest BCUT2D eigenvalue weighted by molar-refractivity contribution is 7.99. The molecule has 1 aromatic carbocycles. The van der Waals surface area contributed by atoms with Gasteiger partial charge in [0, 0.05) is 41.8 Å². The zero-order valence-corrected chi connectivity index (χ0v) is 14.1. The number of carbonyl (C=O) groups excluding carboxylic acids is 1. The third-order valence-electron chi connectivity index (χ3n) is 4.06. The highest BCUT2D eigenvalue weighted by Gasteiger charge is 2.26. The van der Waals surface area contributed by atoms with Crippen molar-refractivity contribution in [3.63, 3.8) is 0 Å². The van der Waals surface area contributed by atoms with E-state index in [1.807, 2.05) is 35.7 Å². The predicted molar refractivity (Wildman–Crippen MR) is 94.8 cm³/mol. The number of likely N-dealkylation sites (tertiary alicyclic amines) is 1. The van der Waals surface area contributed by atoms with Crippen molar-refractivity contribution in [2.75, 3.05) is 24.2 Å². The van der Waals surface area contributed by atoms with Gasteiger partial charge in [-0.25, -0.2) is 4.79 Å². The van der Waals surface area contributed by atoms with E-state index in [9.17, 15) is 4.79 Å². The zero-order valence-electron chi connectivity index (χ0n) is 13.2. The molecule has 23 heavy (non-hydrogen) atoms. The summed E-state index contributed by atoms with van der Waals surface area (Å²) in [6.07, 6.45) is 4.54. The molecule has 2 aromatic rings. The van der Waals surface area contributed by atoms with Crippen LogP contribution in [0.3, 0.4) is 0 Å². The second-order valence-electron chi connectivity index (χ2n) is 5.85. The van der Waals surface area contributed by atoms with Gasteiger partial charge in [-0.05, 0) is 43.0 Å². The normalized spacial score (nSPS) is 17.3. The fourth-order valence-electron chi connectivity index (χ4n) is 2.69. The Morgan fingerprint density at radius 1 is 1.35 bits per heavy atom. The SMILES string of the molecule is Cc1cnccc1NC(=O)N1CC[C@H](CSc2ccccc2)C1. The van der Waals surface area contributed by atoms with E-state index in [1.54, 1.807) is 12.4 Å². The van der Waals surface area contributed by atoms with Gasteiger partial charge in [-0.2, -0.15) is 0 Å². The van der Waals surface area contributed by atoms with E-state index in [4.69, 9.17) is 0 Å². The van der Waals surface area contributed by atoms with Gasteiger partial charge in [0.05, 0.1) is 0 Å². The lowest BCUT2D eigenvalue weighted by molar-refractivity contribution is 0.221. The molecule has 0 radical (unpaired) electrons. The summed E-state index contributed by atoms with van der Waals surface area (Å²) in [4.78, 5) is 19.6. The second kappa shape index (κ2) is 7.51. The first-order chi connectivity index (χ1) is 11.2. The molecular weight excluding hydrogens is 306 g/mol. The molecule has 1 saturated heterocycles. The van der Waals surface area contributed by atoms with E-state index in [0.29, 0.717) is 5.92 Å². The topological polar surface area (TPSA) is 45.2 Å². The van der Waals surface area contributed by atoms with Crippen LogP contribution in [-0.2, 0) is 0 Å². The van der Waals surface area contributed by atoms with Crippen LogP contribution >= 0.6 is 11.8 Å². The minimum Gasteiger partial charge on any atom is -0.324 e. The Kier molecular flexibility index (Phi) is 5.18. The van der Waals surface area contributed by atoms with Crippen molar-refractivity contribution >= 4 is 23.5 Å². The van der Waals surface area contributed by atoms with Gasteiger partial charge >= 0.3 is 6.03 Å². The van der Waals surface area contributed by atoms with Crippen LogP contribution in [0.25, 0.3) is 0 Å². The van der Waals surface area contributed by atoms with Crippen molar-refractivity contribution < 1.29 is 4.79 Å². The number of pyridine rings is 1. The maximum Gasteiger partial charge on any atom is 0.321 e. The summed E-state index contributed by atoms with van der Waals surface area (Å²) in [5.41, 5.74) is 1.82. The van der Waals surface area contributed by atoms with E-state index >= 15 is 0 Å². The lowest BCUT2D eigenvalue weighted by Crippen LogP contribution is -2.33. The van der Waals surface area contributed by atoms with Gasteiger partial charge in [0.2, 0.25) is 0 Å². The Morgan fingerprint density at radius 3 is 2.96 bits per heavy atom. The van der Waals surface area contributed by atoms with Gasteiger partial charge in [-0.15, -0.1) is 11.8 Å². The van der Waals surface area contributed by atoms with Crippen LogP contribution in [0.2, 0.25) is 0 Å². The number of anilines is 1. The van der Waals surface area contributed by atoms with Crippen molar-refractivity contribution in [3.8, 4) is 0 Å². The van der Waals surface area contributed by atoms with Crippen molar-refractivity contribution in [1.29, 1.82) is 0 Å². The number of nitrogens with one attached hydrogen (secondary N) is 1. The largest absolute Gasteiger partial charge is 0.324 e. The number of nitrogens with zero attached hydrogens (tertiary/aromatic N) is 2. The molecule has 2 amide bonds. The molecule has 120 valence electrons. The molecule has 1 fully saturated rings. The zero-order chi connectivity index (χ0) is 16.1. The van der Waals surface area contributed by atoms with E-state index in [0.717, 1.165) is 36.5 Å². The summed E-state index contributed by atoms with van der Waals surface area (Å²) >= 11 is 1.87. The summed E-state index contributed by atoms with van der Waals surface area (Å²) in [6.45, 7) is 3.61. The lowest BCUT2D eigenvalue weighted by Gasteiger charge is -2.18. The molecular formula is C18H21N3OS. The first-order valence-electron chi connectivity index (χ1n) is 7.87. The maximum absolute atomic E-state index is 12.4. The molecule has 1 aliphatic heterocycles. The molecule has 1 aliphatic rings. The molecule has 1 atom stereocenters. The van der Waals surface area contributed by atoms with Crippen LogP contribution in [0.1, 0.15) is 12.0 Å². The van der Waals surface area contributed by atoms with Gasteiger partial charge < -0.3 is 10.2 Å².